The Kier molecular flexibility index (Phi) is 6.22. The quantitative estimate of drug-likeness (QED) is 0.252. The molecular weight excluding hydrogens is 488 g/mol. The van der Waals surface area contributed by atoms with Crippen molar-refractivity contribution in [1.82, 2.24) is 30.2 Å². The van der Waals surface area contributed by atoms with Crippen LogP contribution < -0.4 is 16.0 Å². The van der Waals surface area contributed by atoms with E-state index in [9.17, 15) is 5.11 Å². The van der Waals surface area contributed by atoms with Gasteiger partial charge >= 0.3 is 0 Å². The number of rotatable bonds is 6. The molecule has 0 spiro atoms. The van der Waals surface area contributed by atoms with E-state index in [1.807, 2.05) is 60.9 Å². The zero-order valence-corrected chi connectivity index (χ0v) is 21.5. The van der Waals surface area contributed by atoms with Crippen molar-refractivity contribution < 1.29 is 5.11 Å². The van der Waals surface area contributed by atoms with Crippen LogP contribution in [0.2, 0.25) is 0 Å². The van der Waals surface area contributed by atoms with Crippen molar-refractivity contribution in [2.75, 3.05) is 23.7 Å². The number of piperidine rings is 1. The van der Waals surface area contributed by atoms with E-state index in [1.54, 1.807) is 6.20 Å². The van der Waals surface area contributed by atoms with Crippen molar-refractivity contribution in [1.29, 1.82) is 0 Å². The highest BCUT2D eigenvalue weighted by Gasteiger charge is 2.28. The molecule has 9 heteroatoms. The number of β-amino-alcohol motifs (C(OH)–C–C–N with tert-alkyl or cyclic N) is 1. The van der Waals surface area contributed by atoms with Gasteiger partial charge in [-0.1, -0.05) is 24.6 Å². The third kappa shape index (κ3) is 4.75. The Balaban J connectivity index is 1.27. The second kappa shape index (κ2) is 10.2. The molecule has 2 atom stereocenters. The Morgan fingerprint density at radius 3 is 2.69 bits per heavy atom. The lowest BCUT2D eigenvalue weighted by Crippen LogP contribution is -2.47. The average molecular weight is 519 g/mol. The molecule has 1 aromatic carbocycles. The Bertz CT molecular complexity index is 1650. The number of nitrogens with zero attached hydrogens (tertiary/aromatic N) is 5. The summed E-state index contributed by atoms with van der Waals surface area (Å²) < 4.78 is 0. The summed E-state index contributed by atoms with van der Waals surface area (Å²) in [6.45, 7) is 1.41. The standard InChI is InChI=1S/C30H30N8O/c39-25-17-31-12-11-23(25)35-30-28-21(18-5-3-6-18)15-32-16-24(28)36-29(38-30)20-10-13-33-27(14-20)37-26-9-8-19-4-1-2-7-22(19)34-26/h1-2,4,7-10,13-16,18,23,25,31,39H,3,5-6,11-12,17H2,(H,33,34,37)(H,35,36,38)/t23-,25-/m1/s1. The van der Waals surface area contributed by atoms with Crippen molar-refractivity contribution in [2.24, 2.45) is 0 Å². The van der Waals surface area contributed by atoms with Gasteiger partial charge in [-0.2, -0.15) is 0 Å². The first-order valence-electron chi connectivity index (χ1n) is 13.6. The third-order valence-corrected chi connectivity index (χ3v) is 7.83. The lowest BCUT2D eigenvalue weighted by atomic mass is 9.79. The number of nitrogens with one attached hydrogen (secondary N) is 3. The molecule has 0 amide bonds. The molecule has 1 aliphatic carbocycles. The van der Waals surface area contributed by atoms with Gasteiger partial charge in [-0.25, -0.2) is 19.9 Å². The van der Waals surface area contributed by atoms with Gasteiger partial charge in [0.25, 0.3) is 0 Å². The van der Waals surface area contributed by atoms with E-state index in [2.05, 4.69) is 25.9 Å². The second-order valence-corrected chi connectivity index (χ2v) is 10.4. The van der Waals surface area contributed by atoms with Crippen LogP contribution in [0.4, 0.5) is 17.5 Å². The van der Waals surface area contributed by atoms with Gasteiger partial charge in [-0.3, -0.25) is 4.98 Å². The minimum atomic E-state index is -0.493. The fourth-order valence-electron chi connectivity index (χ4n) is 5.46. The molecule has 1 saturated heterocycles. The molecule has 2 aliphatic rings. The molecule has 9 nitrogen and oxygen atoms in total. The van der Waals surface area contributed by atoms with Crippen LogP contribution >= 0.6 is 0 Å². The number of pyridine rings is 3. The topological polar surface area (TPSA) is 121 Å². The lowest BCUT2D eigenvalue weighted by Gasteiger charge is -2.31. The normalized spacial score (nSPS) is 19.6. The molecule has 4 aromatic heterocycles. The van der Waals surface area contributed by atoms with Crippen LogP contribution in [0.3, 0.4) is 0 Å². The summed E-state index contributed by atoms with van der Waals surface area (Å²) in [6.07, 6.45) is 9.38. The minimum absolute atomic E-state index is 0.0896. The number of hydrogen-bond acceptors (Lipinski definition) is 9. The van der Waals surface area contributed by atoms with Gasteiger partial charge in [0.15, 0.2) is 5.82 Å². The van der Waals surface area contributed by atoms with Crippen LogP contribution in [0.5, 0.6) is 0 Å². The second-order valence-electron chi connectivity index (χ2n) is 10.4. The molecule has 0 unspecified atom stereocenters. The fraction of sp³-hybridized carbons (Fsp3) is 0.300. The smallest absolute Gasteiger partial charge is 0.162 e. The van der Waals surface area contributed by atoms with E-state index in [0.717, 1.165) is 64.8 Å². The van der Waals surface area contributed by atoms with E-state index in [-0.39, 0.29) is 6.04 Å². The third-order valence-electron chi connectivity index (χ3n) is 7.83. The number of anilines is 3. The van der Waals surface area contributed by atoms with Gasteiger partial charge in [0, 0.05) is 35.3 Å². The summed E-state index contributed by atoms with van der Waals surface area (Å²) in [5.41, 5.74) is 3.74. The fourth-order valence-corrected chi connectivity index (χ4v) is 5.46. The molecule has 2 fully saturated rings. The Morgan fingerprint density at radius 2 is 1.82 bits per heavy atom. The monoisotopic (exact) mass is 518 g/mol. The molecular formula is C30H30N8O. The first kappa shape index (κ1) is 23.9. The summed E-state index contributed by atoms with van der Waals surface area (Å²) >= 11 is 0. The van der Waals surface area contributed by atoms with E-state index in [0.29, 0.717) is 24.1 Å². The summed E-state index contributed by atoms with van der Waals surface area (Å²) in [5.74, 6) is 3.18. The Labute approximate surface area is 226 Å². The molecule has 0 bridgehead atoms. The zero-order chi connectivity index (χ0) is 26.2. The number of aliphatic hydroxyl groups is 1. The van der Waals surface area contributed by atoms with Crippen LogP contribution in [0.25, 0.3) is 33.2 Å². The minimum Gasteiger partial charge on any atom is -0.390 e. The molecule has 7 rings (SSSR count). The van der Waals surface area contributed by atoms with Gasteiger partial charge in [-0.05, 0) is 67.6 Å². The van der Waals surface area contributed by atoms with Crippen molar-refractivity contribution in [3.8, 4) is 11.4 Å². The number of para-hydroxylation sites is 1. The average Bonchev–Trinajstić information content (AvgIpc) is 2.93. The Hall–Kier alpha value is -4.21. The van der Waals surface area contributed by atoms with Gasteiger partial charge in [0.05, 0.1) is 29.4 Å². The molecule has 4 N–H and O–H groups in total. The summed E-state index contributed by atoms with van der Waals surface area (Å²) in [7, 11) is 0. The van der Waals surface area contributed by atoms with Gasteiger partial charge in [0.1, 0.15) is 17.5 Å². The highest BCUT2D eigenvalue weighted by atomic mass is 16.3. The van der Waals surface area contributed by atoms with Crippen molar-refractivity contribution in [3.63, 3.8) is 0 Å². The lowest BCUT2D eigenvalue weighted by molar-refractivity contribution is 0.128. The van der Waals surface area contributed by atoms with Crippen LogP contribution in [0.1, 0.15) is 37.2 Å². The largest absolute Gasteiger partial charge is 0.390 e. The van der Waals surface area contributed by atoms with Crippen molar-refractivity contribution >= 4 is 39.3 Å². The molecule has 1 aliphatic heterocycles. The van der Waals surface area contributed by atoms with Gasteiger partial charge in [0.2, 0.25) is 0 Å². The summed E-state index contributed by atoms with van der Waals surface area (Å²) in [6, 6.07) is 15.8. The van der Waals surface area contributed by atoms with Gasteiger partial charge in [-0.15, -0.1) is 0 Å². The predicted molar refractivity (Wildman–Crippen MR) is 153 cm³/mol. The maximum Gasteiger partial charge on any atom is 0.162 e. The van der Waals surface area contributed by atoms with Crippen molar-refractivity contribution in [2.45, 2.75) is 43.7 Å². The van der Waals surface area contributed by atoms with E-state index >= 15 is 0 Å². The molecule has 5 heterocycles. The Morgan fingerprint density at radius 1 is 0.897 bits per heavy atom. The van der Waals surface area contributed by atoms with Crippen LogP contribution in [-0.2, 0) is 0 Å². The zero-order valence-electron chi connectivity index (χ0n) is 21.5. The molecule has 0 radical (unpaired) electrons. The highest BCUT2D eigenvalue weighted by Crippen LogP contribution is 2.41. The number of aliphatic hydroxyl groups excluding tert-OH is 1. The number of fused-ring (bicyclic) bond motifs is 2. The number of aromatic nitrogens is 5. The first-order valence-corrected chi connectivity index (χ1v) is 13.6. The van der Waals surface area contributed by atoms with Gasteiger partial charge < -0.3 is 21.1 Å². The molecule has 1 saturated carbocycles. The number of benzene rings is 1. The molecule has 196 valence electrons. The maximum atomic E-state index is 10.7. The summed E-state index contributed by atoms with van der Waals surface area (Å²) in [5, 5.41) is 22.9. The van der Waals surface area contributed by atoms with Crippen LogP contribution in [-0.4, -0.2) is 55.3 Å². The highest BCUT2D eigenvalue weighted by molar-refractivity contribution is 5.93. The SMILES string of the molecule is O[C@@H]1CNCC[C@H]1Nc1nc(-c2ccnc(Nc3ccc4ccccc4n3)c2)nc2cncc(C3CCC3)c12. The van der Waals surface area contributed by atoms with E-state index < -0.39 is 6.10 Å². The maximum absolute atomic E-state index is 10.7. The van der Waals surface area contributed by atoms with Crippen molar-refractivity contribution in [3.05, 3.63) is 72.7 Å². The van der Waals surface area contributed by atoms with E-state index in [1.165, 1.54) is 12.0 Å². The summed E-state index contributed by atoms with van der Waals surface area (Å²) in [4.78, 5) is 23.7. The molecule has 5 aromatic rings. The molecule has 39 heavy (non-hydrogen) atoms. The first-order chi connectivity index (χ1) is 19.2. The van der Waals surface area contributed by atoms with E-state index in [4.69, 9.17) is 15.0 Å². The van der Waals surface area contributed by atoms with Crippen LogP contribution in [0, 0.1) is 0 Å². The number of hydrogen-bond donors (Lipinski definition) is 4. The predicted octanol–water partition coefficient (Wildman–Crippen LogP) is 4.78. The van der Waals surface area contributed by atoms with Crippen LogP contribution in [0.15, 0.2) is 67.1 Å².